The second-order valence-electron chi connectivity index (χ2n) is 4.29. The van der Waals surface area contributed by atoms with Crippen LogP contribution in [0.1, 0.15) is 0 Å². The third-order valence-corrected chi connectivity index (χ3v) is 3.27. The van der Waals surface area contributed by atoms with Gasteiger partial charge in [0.2, 0.25) is 0 Å². The fourth-order valence-electron chi connectivity index (χ4n) is 1.27. The summed E-state index contributed by atoms with van der Waals surface area (Å²) in [5, 5.41) is 55.9. The van der Waals surface area contributed by atoms with E-state index in [-0.39, 0.29) is 0 Å². The van der Waals surface area contributed by atoms with Crippen LogP contribution in [0.25, 0.3) is 0 Å². The molecule has 17 heteroatoms. The summed E-state index contributed by atoms with van der Waals surface area (Å²) in [6, 6.07) is 0. The van der Waals surface area contributed by atoms with Crippen molar-refractivity contribution in [2.75, 3.05) is 0 Å². The molecule has 0 aliphatic rings. The summed E-state index contributed by atoms with van der Waals surface area (Å²) in [6.45, 7) is 0. The maximum Gasteiger partial charge on any atom is 0.527 e. The predicted octanol–water partition coefficient (Wildman–Crippen LogP) is -5.15. The van der Waals surface area contributed by atoms with E-state index in [1.807, 2.05) is 0 Å². The van der Waals surface area contributed by atoms with Crippen molar-refractivity contribution in [3.63, 3.8) is 0 Å². The monoisotopic (exact) mass is 402 g/mol. The van der Waals surface area contributed by atoms with E-state index in [4.69, 9.17) is 24.7 Å². The Bertz CT molecular complexity index is 510. The fraction of sp³-hybridized carbons (Fsp3) is 0.857. The Morgan fingerprint density at radius 1 is 0.708 bits per heavy atom. The molecule has 0 amide bonds. The van der Waals surface area contributed by atoms with Crippen molar-refractivity contribution < 1.29 is 73.2 Å². The molecular formula is C7H16O15P2. The van der Waals surface area contributed by atoms with Gasteiger partial charge in [-0.3, -0.25) is 14.3 Å². The number of carbonyl (C=O) groups is 1. The molecule has 6 atom stereocenters. The molecule has 0 fully saturated rings. The minimum absolute atomic E-state index is 2.09. The largest absolute Gasteiger partial charge is 0.527 e. The van der Waals surface area contributed by atoms with E-state index in [1.54, 1.807) is 0 Å². The van der Waals surface area contributed by atoms with Crippen LogP contribution in [0.5, 0.6) is 0 Å². The molecule has 0 aliphatic heterocycles. The SMILES string of the molecule is O=C(OP(=O)(O)O)C(O)C(O)C(O)C(O)C(O)C(O)OP(=O)(O)O. The second kappa shape index (κ2) is 8.73. The summed E-state index contributed by atoms with van der Waals surface area (Å²) in [6.07, 6.45) is -16.1. The molecule has 0 saturated carbocycles. The lowest BCUT2D eigenvalue weighted by Gasteiger charge is -2.30. The Morgan fingerprint density at radius 3 is 1.50 bits per heavy atom. The van der Waals surface area contributed by atoms with Crippen LogP contribution in [0, 0.1) is 0 Å². The Hall–Kier alpha value is -0.510. The number of aliphatic hydroxyl groups is 6. The Balaban J connectivity index is 4.92. The third kappa shape index (κ3) is 8.04. The van der Waals surface area contributed by atoms with Crippen molar-refractivity contribution in [3.8, 4) is 0 Å². The van der Waals surface area contributed by atoms with Gasteiger partial charge in [-0.1, -0.05) is 0 Å². The van der Waals surface area contributed by atoms with Crippen LogP contribution in [0.2, 0.25) is 0 Å². The van der Waals surface area contributed by atoms with Crippen LogP contribution < -0.4 is 0 Å². The third-order valence-electron chi connectivity index (χ3n) is 2.36. The van der Waals surface area contributed by atoms with E-state index in [0.29, 0.717) is 0 Å². The molecule has 0 bridgehead atoms. The van der Waals surface area contributed by atoms with Gasteiger partial charge in [0, 0.05) is 0 Å². The molecule has 0 aliphatic carbocycles. The van der Waals surface area contributed by atoms with Gasteiger partial charge in [0.05, 0.1) is 0 Å². The van der Waals surface area contributed by atoms with E-state index in [9.17, 15) is 39.5 Å². The fourth-order valence-corrected chi connectivity index (χ4v) is 2.02. The number of aliphatic hydroxyl groups excluding tert-OH is 6. The summed E-state index contributed by atoms with van der Waals surface area (Å²) >= 11 is 0. The lowest BCUT2D eigenvalue weighted by atomic mass is 9.99. The molecule has 0 saturated heterocycles. The molecule has 0 aromatic carbocycles. The number of hydrogen-bond acceptors (Lipinski definition) is 11. The number of rotatable bonds is 9. The Labute approximate surface area is 132 Å². The first kappa shape index (κ1) is 23.5. The number of phosphoric acid groups is 2. The molecule has 0 spiro atoms. The maximum atomic E-state index is 11.1. The van der Waals surface area contributed by atoms with Crippen LogP contribution in [-0.4, -0.2) is 93.0 Å². The van der Waals surface area contributed by atoms with Gasteiger partial charge in [-0.2, -0.15) is 0 Å². The van der Waals surface area contributed by atoms with Gasteiger partial charge in [0.25, 0.3) is 0 Å². The van der Waals surface area contributed by atoms with Gasteiger partial charge in [-0.15, -0.1) is 0 Å². The van der Waals surface area contributed by atoms with Gasteiger partial charge < -0.3 is 44.9 Å². The highest BCUT2D eigenvalue weighted by Gasteiger charge is 2.42. The van der Waals surface area contributed by atoms with Crippen LogP contribution >= 0.6 is 15.6 Å². The summed E-state index contributed by atoms with van der Waals surface area (Å²) < 4.78 is 27.8. The zero-order chi connectivity index (χ0) is 19.5. The quantitative estimate of drug-likeness (QED) is 0.127. The van der Waals surface area contributed by atoms with Crippen molar-refractivity contribution in [2.24, 2.45) is 0 Å². The van der Waals surface area contributed by atoms with Crippen LogP contribution in [0.15, 0.2) is 0 Å². The average Bonchev–Trinajstić information content (AvgIpc) is 2.39. The van der Waals surface area contributed by atoms with Crippen molar-refractivity contribution in [3.05, 3.63) is 0 Å². The molecule has 0 rings (SSSR count). The van der Waals surface area contributed by atoms with Crippen LogP contribution in [-0.2, 0) is 23.0 Å². The van der Waals surface area contributed by atoms with Gasteiger partial charge in [-0.25, -0.2) is 13.9 Å². The molecule has 0 heterocycles. The van der Waals surface area contributed by atoms with Crippen LogP contribution in [0.4, 0.5) is 0 Å². The smallest absolute Gasteiger partial charge is 0.387 e. The number of phosphoric ester groups is 2. The topological polar surface area (TPSA) is 272 Å². The maximum absolute atomic E-state index is 11.1. The lowest BCUT2D eigenvalue weighted by molar-refractivity contribution is -0.194. The normalized spacial score (nSPS) is 20.6. The highest BCUT2D eigenvalue weighted by molar-refractivity contribution is 7.47. The second-order valence-corrected chi connectivity index (χ2v) is 6.65. The molecule has 0 radical (unpaired) electrons. The van der Waals surface area contributed by atoms with Gasteiger partial charge in [0.1, 0.15) is 24.4 Å². The number of carbonyl (C=O) groups excluding carboxylic acids is 1. The zero-order valence-electron chi connectivity index (χ0n) is 11.4. The standard InChI is InChI=1S/C7H16O15P2/c8-1(2(9)4(11)6(13)21-23(15,16)17)3(10)5(12)7(14)22-24(18,19)20/h1-6,8-13H,(H2,15,16,17)(H2,18,19,20). The van der Waals surface area contributed by atoms with E-state index in [2.05, 4.69) is 9.05 Å². The molecular weight excluding hydrogens is 386 g/mol. The van der Waals surface area contributed by atoms with Crippen LogP contribution in [0.3, 0.4) is 0 Å². The summed E-state index contributed by atoms with van der Waals surface area (Å²) in [7, 11) is -10.7. The highest BCUT2D eigenvalue weighted by atomic mass is 31.2. The summed E-state index contributed by atoms with van der Waals surface area (Å²) in [5.41, 5.74) is 0. The van der Waals surface area contributed by atoms with Gasteiger partial charge >= 0.3 is 21.6 Å². The summed E-state index contributed by atoms with van der Waals surface area (Å²) in [4.78, 5) is 44.5. The summed E-state index contributed by atoms with van der Waals surface area (Å²) in [5.74, 6) is -2.09. The first-order valence-electron chi connectivity index (χ1n) is 5.68. The minimum Gasteiger partial charge on any atom is -0.387 e. The molecule has 24 heavy (non-hydrogen) atoms. The van der Waals surface area contributed by atoms with E-state index >= 15 is 0 Å². The average molecular weight is 402 g/mol. The van der Waals surface area contributed by atoms with E-state index < -0.39 is 58.4 Å². The van der Waals surface area contributed by atoms with Gasteiger partial charge in [-0.05, 0) is 0 Å². The molecule has 0 aromatic heterocycles. The molecule has 0 aromatic rings. The zero-order valence-corrected chi connectivity index (χ0v) is 13.2. The van der Waals surface area contributed by atoms with Gasteiger partial charge in [0.15, 0.2) is 12.4 Å². The molecule has 6 unspecified atom stereocenters. The Kier molecular flexibility index (Phi) is 8.55. The van der Waals surface area contributed by atoms with Crippen molar-refractivity contribution >= 4 is 21.6 Å². The first-order chi connectivity index (χ1) is 10.6. The van der Waals surface area contributed by atoms with Crippen molar-refractivity contribution in [1.29, 1.82) is 0 Å². The van der Waals surface area contributed by atoms with Crippen molar-refractivity contribution in [1.82, 2.24) is 0 Å². The minimum atomic E-state index is -5.39. The van der Waals surface area contributed by atoms with E-state index in [0.717, 1.165) is 0 Å². The van der Waals surface area contributed by atoms with E-state index in [1.165, 1.54) is 0 Å². The molecule has 144 valence electrons. The Morgan fingerprint density at radius 2 is 1.12 bits per heavy atom. The first-order valence-corrected chi connectivity index (χ1v) is 8.74. The highest BCUT2D eigenvalue weighted by Crippen LogP contribution is 2.38. The number of hydrogen-bond donors (Lipinski definition) is 10. The van der Waals surface area contributed by atoms with Crippen molar-refractivity contribution in [2.45, 2.75) is 36.8 Å². The molecule has 10 N–H and O–H groups in total. The molecule has 15 nitrogen and oxygen atoms in total. The lowest BCUT2D eigenvalue weighted by Crippen LogP contribution is -2.54. The predicted molar refractivity (Wildman–Crippen MR) is 67.3 cm³/mol.